The van der Waals surface area contributed by atoms with Crippen LogP contribution in [0.1, 0.15) is 55.8 Å². The molecule has 0 spiro atoms. The molecule has 3 fully saturated rings. The standard InChI is InChI=1S/C23H32N2O4/c1-15(16-4-5-16)25(19-6-7-19)23(27)17-8-10-24(11-9-17)22(26)18-12-20(28-2)14-21(13-18)29-3/h12-17,19H,4-11H2,1-3H3/t15-/m0/s1. The van der Waals surface area contributed by atoms with E-state index in [-0.39, 0.29) is 11.8 Å². The molecule has 3 aliphatic rings. The van der Waals surface area contributed by atoms with E-state index >= 15 is 0 Å². The minimum atomic E-state index is -0.0292. The molecule has 1 atom stereocenters. The summed E-state index contributed by atoms with van der Waals surface area (Å²) in [6.07, 6.45) is 6.30. The fourth-order valence-corrected chi connectivity index (χ4v) is 4.53. The van der Waals surface area contributed by atoms with Crippen molar-refractivity contribution < 1.29 is 19.1 Å². The molecule has 0 bridgehead atoms. The molecule has 0 aromatic heterocycles. The average molecular weight is 401 g/mol. The van der Waals surface area contributed by atoms with Gasteiger partial charge in [-0.15, -0.1) is 0 Å². The number of hydrogen-bond acceptors (Lipinski definition) is 4. The third kappa shape index (κ3) is 4.36. The van der Waals surface area contributed by atoms with E-state index in [4.69, 9.17) is 9.47 Å². The first kappa shape index (κ1) is 20.0. The fourth-order valence-electron chi connectivity index (χ4n) is 4.53. The van der Waals surface area contributed by atoms with Gasteiger partial charge in [0.25, 0.3) is 5.91 Å². The molecule has 29 heavy (non-hydrogen) atoms. The van der Waals surface area contributed by atoms with Crippen LogP contribution in [0.15, 0.2) is 18.2 Å². The molecule has 1 aromatic carbocycles. The Labute approximate surface area is 173 Å². The zero-order valence-corrected chi connectivity index (χ0v) is 17.7. The summed E-state index contributed by atoms with van der Waals surface area (Å²) >= 11 is 0. The zero-order valence-electron chi connectivity index (χ0n) is 17.7. The lowest BCUT2D eigenvalue weighted by atomic mass is 9.93. The smallest absolute Gasteiger partial charge is 0.254 e. The van der Waals surface area contributed by atoms with Crippen molar-refractivity contribution in [2.45, 2.75) is 57.5 Å². The third-order valence-electron chi connectivity index (χ3n) is 6.67. The monoisotopic (exact) mass is 400 g/mol. The molecular formula is C23H32N2O4. The van der Waals surface area contributed by atoms with E-state index in [1.165, 1.54) is 12.8 Å². The number of nitrogens with zero attached hydrogens (tertiary/aromatic N) is 2. The van der Waals surface area contributed by atoms with Crippen LogP contribution in [-0.2, 0) is 4.79 Å². The Balaban J connectivity index is 1.38. The number of rotatable bonds is 7. The predicted molar refractivity (Wildman–Crippen MR) is 110 cm³/mol. The Kier molecular flexibility index (Phi) is 5.70. The van der Waals surface area contributed by atoms with Crippen LogP contribution in [0.2, 0.25) is 0 Å². The Hall–Kier alpha value is -2.24. The van der Waals surface area contributed by atoms with E-state index in [0.717, 1.165) is 25.7 Å². The largest absolute Gasteiger partial charge is 0.497 e. The highest BCUT2D eigenvalue weighted by Crippen LogP contribution is 2.41. The summed E-state index contributed by atoms with van der Waals surface area (Å²) in [6, 6.07) is 6.08. The summed E-state index contributed by atoms with van der Waals surface area (Å²) in [6.45, 7) is 3.46. The summed E-state index contributed by atoms with van der Waals surface area (Å²) in [5.74, 6) is 2.24. The molecule has 2 aliphatic carbocycles. The van der Waals surface area contributed by atoms with Crippen molar-refractivity contribution in [1.29, 1.82) is 0 Å². The van der Waals surface area contributed by atoms with Gasteiger partial charge in [-0.25, -0.2) is 0 Å². The second-order valence-corrected chi connectivity index (χ2v) is 8.72. The number of amides is 2. The Morgan fingerprint density at radius 1 is 0.966 bits per heavy atom. The van der Waals surface area contributed by atoms with Crippen LogP contribution in [0.25, 0.3) is 0 Å². The minimum absolute atomic E-state index is 0.0292. The van der Waals surface area contributed by atoms with Crippen LogP contribution in [-0.4, -0.2) is 61.0 Å². The van der Waals surface area contributed by atoms with E-state index in [1.54, 1.807) is 32.4 Å². The maximum Gasteiger partial charge on any atom is 0.254 e. The quantitative estimate of drug-likeness (QED) is 0.704. The molecule has 158 valence electrons. The van der Waals surface area contributed by atoms with Gasteiger partial charge in [-0.3, -0.25) is 9.59 Å². The first-order valence-corrected chi connectivity index (χ1v) is 10.9. The summed E-state index contributed by atoms with van der Waals surface area (Å²) in [5, 5.41) is 0. The highest BCUT2D eigenvalue weighted by molar-refractivity contribution is 5.95. The van der Waals surface area contributed by atoms with Crippen molar-refractivity contribution in [2.75, 3.05) is 27.3 Å². The summed E-state index contributed by atoms with van der Waals surface area (Å²) in [5.41, 5.74) is 0.563. The van der Waals surface area contributed by atoms with Crippen LogP contribution in [0.5, 0.6) is 11.5 Å². The van der Waals surface area contributed by atoms with Gasteiger partial charge in [-0.1, -0.05) is 0 Å². The maximum atomic E-state index is 13.3. The molecular weight excluding hydrogens is 368 g/mol. The molecule has 0 radical (unpaired) electrons. The van der Waals surface area contributed by atoms with E-state index in [1.807, 2.05) is 4.90 Å². The lowest BCUT2D eigenvalue weighted by Gasteiger charge is -2.37. The number of hydrogen-bond donors (Lipinski definition) is 0. The van der Waals surface area contributed by atoms with Crippen molar-refractivity contribution in [1.82, 2.24) is 9.80 Å². The van der Waals surface area contributed by atoms with Gasteiger partial charge in [0.1, 0.15) is 11.5 Å². The summed E-state index contributed by atoms with van der Waals surface area (Å²) in [7, 11) is 3.16. The van der Waals surface area contributed by atoms with Crippen LogP contribution >= 0.6 is 0 Å². The lowest BCUT2D eigenvalue weighted by Crippen LogP contribution is -2.48. The number of likely N-dealkylation sites (tertiary alicyclic amines) is 1. The van der Waals surface area contributed by atoms with Gasteiger partial charge in [-0.2, -0.15) is 0 Å². The molecule has 1 saturated heterocycles. The summed E-state index contributed by atoms with van der Waals surface area (Å²) < 4.78 is 10.6. The predicted octanol–water partition coefficient (Wildman–Crippen LogP) is 3.35. The molecule has 6 heteroatoms. The van der Waals surface area contributed by atoms with Crippen molar-refractivity contribution >= 4 is 11.8 Å². The number of carbonyl (C=O) groups excluding carboxylic acids is 2. The molecule has 1 aliphatic heterocycles. The average Bonchev–Trinajstić information content (AvgIpc) is 3.65. The zero-order chi connectivity index (χ0) is 20.5. The number of ether oxygens (including phenoxy) is 2. The van der Waals surface area contributed by atoms with Crippen LogP contribution < -0.4 is 9.47 Å². The second-order valence-electron chi connectivity index (χ2n) is 8.72. The third-order valence-corrected chi connectivity index (χ3v) is 6.67. The highest BCUT2D eigenvalue weighted by Gasteiger charge is 2.44. The minimum Gasteiger partial charge on any atom is -0.497 e. The molecule has 4 rings (SSSR count). The molecule has 1 heterocycles. The molecule has 2 saturated carbocycles. The van der Waals surface area contributed by atoms with E-state index in [2.05, 4.69) is 11.8 Å². The van der Waals surface area contributed by atoms with Crippen molar-refractivity contribution in [3.63, 3.8) is 0 Å². The summed E-state index contributed by atoms with van der Waals surface area (Å²) in [4.78, 5) is 30.3. The van der Waals surface area contributed by atoms with Crippen LogP contribution in [0, 0.1) is 11.8 Å². The van der Waals surface area contributed by atoms with Crippen molar-refractivity contribution in [3.8, 4) is 11.5 Å². The van der Waals surface area contributed by atoms with E-state index < -0.39 is 0 Å². The van der Waals surface area contributed by atoms with Gasteiger partial charge < -0.3 is 19.3 Å². The molecule has 2 amide bonds. The lowest BCUT2D eigenvalue weighted by molar-refractivity contribution is -0.140. The SMILES string of the molecule is COc1cc(OC)cc(C(=O)N2CCC(C(=O)N(C3CC3)[C@@H](C)C3CC3)CC2)c1. The molecule has 6 nitrogen and oxygen atoms in total. The number of carbonyl (C=O) groups is 2. The van der Waals surface area contributed by atoms with Crippen LogP contribution in [0.4, 0.5) is 0 Å². The molecule has 0 unspecified atom stereocenters. The van der Waals surface area contributed by atoms with Crippen molar-refractivity contribution in [2.24, 2.45) is 11.8 Å². The van der Waals surface area contributed by atoms with Gasteiger partial charge in [0.15, 0.2) is 0 Å². The normalized spacial score (nSPS) is 20.9. The van der Waals surface area contributed by atoms with Gasteiger partial charge in [0.2, 0.25) is 5.91 Å². The van der Waals surface area contributed by atoms with E-state index in [0.29, 0.717) is 54.1 Å². The van der Waals surface area contributed by atoms with Gasteiger partial charge >= 0.3 is 0 Å². The van der Waals surface area contributed by atoms with Crippen molar-refractivity contribution in [3.05, 3.63) is 23.8 Å². The second kappa shape index (κ2) is 8.25. The Morgan fingerprint density at radius 2 is 1.55 bits per heavy atom. The van der Waals surface area contributed by atoms with Crippen LogP contribution in [0.3, 0.4) is 0 Å². The van der Waals surface area contributed by atoms with Gasteiger partial charge in [0, 0.05) is 42.7 Å². The first-order valence-electron chi connectivity index (χ1n) is 10.9. The number of methoxy groups -OCH3 is 2. The highest BCUT2D eigenvalue weighted by atomic mass is 16.5. The Morgan fingerprint density at radius 3 is 2.03 bits per heavy atom. The number of benzene rings is 1. The molecule has 0 N–H and O–H groups in total. The maximum absolute atomic E-state index is 13.3. The topological polar surface area (TPSA) is 59.1 Å². The van der Waals surface area contributed by atoms with Gasteiger partial charge in [0.05, 0.1) is 14.2 Å². The number of piperidine rings is 1. The van der Waals surface area contributed by atoms with E-state index in [9.17, 15) is 9.59 Å². The first-order chi connectivity index (χ1) is 14.0. The molecule has 1 aromatic rings. The Bertz CT molecular complexity index is 742. The fraction of sp³-hybridized carbons (Fsp3) is 0.652. The van der Waals surface area contributed by atoms with Gasteiger partial charge in [-0.05, 0) is 63.5 Å².